The molecule has 16 heteroatoms. The summed E-state index contributed by atoms with van der Waals surface area (Å²) >= 11 is 10.2. The number of carbonyl (C=O) groups excluding carboxylic acids is 3. The third-order valence-corrected chi connectivity index (χ3v) is 14.0. The molecule has 0 spiro atoms. The van der Waals surface area contributed by atoms with Gasteiger partial charge in [0, 0.05) is 60.5 Å². The van der Waals surface area contributed by atoms with E-state index < -0.39 is 47.1 Å². The maximum atomic E-state index is 15.2. The molecular formula is C38H43ClF2N6O5S2. The van der Waals surface area contributed by atoms with E-state index in [1.54, 1.807) is 13.3 Å². The number of carbonyl (C=O) groups is 3. The average Bonchev–Trinajstić information content (AvgIpc) is 3.76. The van der Waals surface area contributed by atoms with Crippen molar-refractivity contribution >= 4 is 62.3 Å². The number of halogens is 3. The fourth-order valence-corrected chi connectivity index (χ4v) is 10.7. The highest BCUT2D eigenvalue weighted by Crippen LogP contribution is 2.59. The Morgan fingerprint density at radius 1 is 1.30 bits per heavy atom. The van der Waals surface area contributed by atoms with Crippen molar-refractivity contribution in [3.05, 3.63) is 45.0 Å². The van der Waals surface area contributed by atoms with Gasteiger partial charge >= 0.3 is 5.97 Å². The smallest absolute Gasteiger partial charge is 0.325 e. The number of fused-ring (bicyclic) bond motifs is 8. The van der Waals surface area contributed by atoms with Gasteiger partial charge in [-0.1, -0.05) is 32.4 Å². The van der Waals surface area contributed by atoms with Crippen molar-refractivity contribution in [2.75, 3.05) is 20.3 Å². The molecule has 2 amide bonds. The molecule has 4 aromatic rings. The summed E-state index contributed by atoms with van der Waals surface area (Å²) in [5.74, 6) is -7.47. The van der Waals surface area contributed by atoms with E-state index in [2.05, 4.69) is 22.2 Å². The number of aryl methyl sites for hydroxylation is 1. The van der Waals surface area contributed by atoms with Crippen LogP contribution in [0.15, 0.2) is 23.7 Å². The lowest BCUT2D eigenvalue weighted by atomic mass is 9.84. The lowest BCUT2D eigenvalue weighted by molar-refractivity contribution is -0.156. The molecule has 2 aliphatic carbocycles. The van der Waals surface area contributed by atoms with Gasteiger partial charge in [0.2, 0.25) is 5.91 Å². The van der Waals surface area contributed by atoms with Gasteiger partial charge in [0.1, 0.15) is 16.9 Å². The van der Waals surface area contributed by atoms with Gasteiger partial charge in [0.05, 0.1) is 56.5 Å². The highest BCUT2D eigenvalue weighted by Gasteiger charge is 2.75. The number of thiophene rings is 1. The number of pyridine rings is 1. The van der Waals surface area contributed by atoms with Gasteiger partial charge in [-0.15, -0.1) is 22.7 Å². The normalized spacial score (nSPS) is 27.9. The number of amides is 2. The number of methoxy groups -OCH3 is 1. The molecular weight excluding hydrogens is 758 g/mol. The molecule has 2 saturated carbocycles. The molecule has 0 radical (unpaired) electrons. The Morgan fingerprint density at radius 2 is 2.06 bits per heavy atom. The van der Waals surface area contributed by atoms with Crippen molar-refractivity contribution in [3.8, 4) is 21.8 Å². The number of hydrogen-bond acceptors (Lipinski definition) is 10. The number of thiazole rings is 1. The third-order valence-electron chi connectivity index (χ3n) is 11.4. The van der Waals surface area contributed by atoms with Crippen LogP contribution in [-0.4, -0.2) is 75.6 Å². The summed E-state index contributed by atoms with van der Waals surface area (Å²) in [7, 11) is 1.64. The molecule has 2 aliphatic heterocycles. The Kier molecular flexibility index (Phi) is 9.43. The molecule has 7 atom stereocenters. The van der Waals surface area contributed by atoms with Crippen LogP contribution in [0, 0.1) is 29.1 Å². The van der Waals surface area contributed by atoms with Crippen molar-refractivity contribution in [3.63, 3.8) is 0 Å². The zero-order chi connectivity index (χ0) is 38.4. The van der Waals surface area contributed by atoms with Crippen molar-refractivity contribution in [2.45, 2.75) is 84.5 Å². The zero-order valence-corrected chi connectivity index (χ0v) is 33.3. The maximum absolute atomic E-state index is 15.2. The van der Waals surface area contributed by atoms with Gasteiger partial charge in [0.15, 0.2) is 0 Å². The van der Waals surface area contributed by atoms with E-state index in [1.807, 2.05) is 45.2 Å². The van der Waals surface area contributed by atoms with Crippen molar-refractivity contribution in [1.82, 2.24) is 30.3 Å². The molecule has 4 aliphatic rings. The Morgan fingerprint density at radius 3 is 2.76 bits per heavy atom. The van der Waals surface area contributed by atoms with Crippen LogP contribution in [0.2, 0.25) is 5.02 Å². The third kappa shape index (κ3) is 6.33. The first-order valence-electron chi connectivity index (χ1n) is 18.3. The largest absolute Gasteiger partial charge is 0.464 e. The highest BCUT2D eigenvalue weighted by molar-refractivity contribution is 7.23. The number of cyclic esters (lactones) is 1. The van der Waals surface area contributed by atoms with Gasteiger partial charge in [-0.05, 0) is 50.3 Å². The van der Waals surface area contributed by atoms with Crippen molar-refractivity contribution in [1.29, 1.82) is 0 Å². The minimum Gasteiger partial charge on any atom is -0.464 e. The van der Waals surface area contributed by atoms with Gasteiger partial charge in [0.25, 0.3) is 11.8 Å². The zero-order valence-electron chi connectivity index (χ0n) is 30.9. The Hall–Kier alpha value is -3.50. The second-order valence-electron chi connectivity index (χ2n) is 15.8. The fourth-order valence-electron chi connectivity index (χ4n) is 8.11. The molecule has 0 unspecified atom stereocenters. The molecule has 1 saturated heterocycles. The number of alkyl halides is 2. The van der Waals surface area contributed by atoms with Crippen LogP contribution in [0.3, 0.4) is 0 Å². The summed E-state index contributed by atoms with van der Waals surface area (Å²) in [6.45, 7) is 10.1. The molecule has 6 heterocycles. The molecule has 54 heavy (non-hydrogen) atoms. The molecule has 4 aromatic heterocycles. The lowest BCUT2D eigenvalue weighted by Gasteiger charge is -2.34. The minimum atomic E-state index is -3.16. The molecule has 2 N–H and O–H groups in total. The first-order chi connectivity index (χ1) is 25.6. The molecule has 288 valence electrons. The van der Waals surface area contributed by atoms with Crippen molar-refractivity contribution < 1.29 is 32.6 Å². The van der Waals surface area contributed by atoms with E-state index in [0.29, 0.717) is 35.1 Å². The van der Waals surface area contributed by atoms with Crippen LogP contribution in [0.25, 0.3) is 32.0 Å². The van der Waals surface area contributed by atoms with E-state index in [9.17, 15) is 14.4 Å². The quantitative estimate of drug-likeness (QED) is 0.207. The molecule has 8 rings (SSSR count). The second kappa shape index (κ2) is 13.6. The van der Waals surface area contributed by atoms with Gasteiger partial charge < -0.3 is 19.4 Å². The first-order valence-corrected chi connectivity index (χ1v) is 20.4. The number of nitrogens with one attached hydrogen (secondary N) is 2. The van der Waals surface area contributed by atoms with Gasteiger partial charge in [-0.3, -0.25) is 24.4 Å². The number of hydrazine groups is 1. The predicted octanol–water partition coefficient (Wildman–Crippen LogP) is 6.67. The Labute approximate surface area is 324 Å². The number of nitrogens with zero attached hydrogens (tertiary/aromatic N) is 4. The van der Waals surface area contributed by atoms with Gasteiger partial charge in [-0.25, -0.2) is 19.2 Å². The summed E-state index contributed by atoms with van der Waals surface area (Å²) in [6.07, 6.45) is 2.59. The van der Waals surface area contributed by atoms with E-state index in [0.717, 1.165) is 42.6 Å². The summed E-state index contributed by atoms with van der Waals surface area (Å²) in [6, 6.07) is 1.36. The van der Waals surface area contributed by atoms with Crippen LogP contribution in [-0.2, 0) is 43.2 Å². The summed E-state index contributed by atoms with van der Waals surface area (Å²) < 4.78 is 44.3. The van der Waals surface area contributed by atoms with Crippen LogP contribution in [0.5, 0.6) is 0 Å². The topological polar surface area (TPSA) is 128 Å². The standard InChI is InChI=1S/C38H43ClF2N6O5S2/c1-7-46-31(19-9-8-10-42-29(19)18(3)51-6)21-13-37(4,5)16-52-36(50)30-27-22(38(27,40)41)14-47(45-30)34(49)23(44-33(48)20-11-17(20)2)12-25-43-24(15-53-25)32-28(39)26(21)35(46)54-32/h8-10,15,17-18,20,22-23,27,30,45H,7,11-14,16H2,1-6H3,(H,44,48)/t17-,18-,20-,22-,23-,27-,30-/m0/s1. The van der Waals surface area contributed by atoms with E-state index in [4.69, 9.17) is 31.0 Å². The highest BCUT2D eigenvalue weighted by atomic mass is 35.5. The Balaban J connectivity index is 1.27. The number of esters is 1. The Bertz CT molecular complexity index is 2170. The van der Waals surface area contributed by atoms with Crippen molar-refractivity contribution in [2.24, 2.45) is 29.1 Å². The van der Waals surface area contributed by atoms with E-state index in [1.165, 1.54) is 22.7 Å². The number of aromatic nitrogens is 3. The summed E-state index contributed by atoms with van der Waals surface area (Å²) in [4.78, 5) is 52.5. The van der Waals surface area contributed by atoms with Crippen LogP contribution in [0.4, 0.5) is 8.78 Å². The van der Waals surface area contributed by atoms with Crippen LogP contribution >= 0.6 is 34.3 Å². The predicted molar refractivity (Wildman–Crippen MR) is 202 cm³/mol. The number of ether oxygens (including phenoxy) is 2. The molecule has 3 fully saturated rings. The maximum Gasteiger partial charge on any atom is 0.325 e. The monoisotopic (exact) mass is 800 g/mol. The van der Waals surface area contributed by atoms with E-state index >= 15 is 8.78 Å². The SMILES string of the molecule is CCn1c(-c2cccnc2[C@H](C)OC)c2c3c(Cl)c(sc31)-c1csc(n1)C[C@H](NC(=O)[C@H]1C[C@@H]1C)C(=O)N1C[C@H]3[C@@H]([C@H](N1)C(=O)OCC(C)(C)C2)C3(F)F. The number of hydrogen-bond donors (Lipinski definition) is 2. The summed E-state index contributed by atoms with van der Waals surface area (Å²) in [5, 5.41) is 7.81. The van der Waals surface area contributed by atoms with Crippen LogP contribution in [0.1, 0.15) is 63.4 Å². The number of rotatable bonds is 6. The lowest BCUT2D eigenvalue weighted by Crippen LogP contribution is -2.61. The molecule has 0 aromatic carbocycles. The fraction of sp³-hybridized carbons (Fsp3) is 0.553. The molecule has 6 bridgehead atoms. The molecule has 11 nitrogen and oxygen atoms in total. The minimum absolute atomic E-state index is 0.0306. The first kappa shape index (κ1) is 37.4. The second-order valence-corrected chi connectivity index (χ2v) is 18.2. The van der Waals surface area contributed by atoms with Crippen LogP contribution < -0.4 is 10.7 Å². The summed E-state index contributed by atoms with van der Waals surface area (Å²) in [5.41, 5.74) is 6.28. The average molecular weight is 801 g/mol. The van der Waals surface area contributed by atoms with Gasteiger partial charge in [-0.2, -0.15) is 0 Å². The van der Waals surface area contributed by atoms with E-state index in [-0.39, 0.29) is 43.4 Å².